The third-order valence-corrected chi connectivity index (χ3v) is 3.14. The Hall–Kier alpha value is -0.670. The first-order valence-corrected chi connectivity index (χ1v) is 6.67. The van der Waals surface area contributed by atoms with Gasteiger partial charge in [-0.1, -0.05) is 13.3 Å². The molecule has 1 unspecified atom stereocenters. The number of nitrogens with one attached hydrogen (secondary N) is 1. The molecule has 0 aliphatic heterocycles. The van der Waals surface area contributed by atoms with Crippen LogP contribution in [0.5, 0.6) is 0 Å². The lowest BCUT2D eigenvalue weighted by atomic mass is 10.0. The fraction of sp³-hybridized carbons (Fsp3) is 0.583. The van der Waals surface area contributed by atoms with E-state index in [0.29, 0.717) is 23.9 Å². The quantitative estimate of drug-likeness (QED) is 0.772. The van der Waals surface area contributed by atoms with Crippen LogP contribution in [0.1, 0.15) is 36.5 Å². The van der Waals surface area contributed by atoms with Gasteiger partial charge in [0.25, 0.3) is 5.91 Å². The Balaban J connectivity index is 2.43. The molecule has 0 radical (unpaired) electrons. The van der Waals surface area contributed by atoms with Crippen molar-refractivity contribution in [3.05, 3.63) is 23.1 Å². The molecule has 1 heterocycles. The molecular formula is C12H17Cl2NO2. The van der Waals surface area contributed by atoms with Crippen LogP contribution >= 0.6 is 23.2 Å². The molecule has 5 heteroatoms. The fourth-order valence-corrected chi connectivity index (χ4v) is 2.21. The summed E-state index contributed by atoms with van der Waals surface area (Å²) in [5.74, 6) is 0.846. The lowest BCUT2D eigenvalue weighted by Crippen LogP contribution is -2.29. The molecule has 0 saturated heterocycles. The van der Waals surface area contributed by atoms with Crippen molar-refractivity contribution < 1.29 is 9.21 Å². The number of hydrogen-bond acceptors (Lipinski definition) is 2. The van der Waals surface area contributed by atoms with Crippen LogP contribution < -0.4 is 5.32 Å². The minimum atomic E-state index is -0.195. The first-order valence-electron chi connectivity index (χ1n) is 5.76. The lowest BCUT2D eigenvalue weighted by Gasteiger charge is -2.15. The molecule has 0 fully saturated rings. The van der Waals surface area contributed by atoms with Crippen LogP contribution in [0.2, 0.25) is 5.22 Å². The number of furan rings is 1. The third-order valence-electron chi connectivity index (χ3n) is 2.63. The summed E-state index contributed by atoms with van der Waals surface area (Å²) >= 11 is 11.4. The zero-order chi connectivity index (χ0) is 12.7. The number of carbonyl (C=O) groups excluding carboxylic acids is 1. The number of alkyl halides is 1. The van der Waals surface area contributed by atoms with E-state index >= 15 is 0 Å². The van der Waals surface area contributed by atoms with E-state index in [9.17, 15) is 4.79 Å². The van der Waals surface area contributed by atoms with Gasteiger partial charge in [-0.25, -0.2) is 0 Å². The van der Waals surface area contributed by atoms with Gasteiger partial charge in [-0.3, -0.25) is 4.79 Å². The maximum atomic E-state index is 11.8. The SMILES string of the molecule is CCCC(CCCl)CNC(=O)c1ccoc1Cl. The van der Waals surface area contributed by atoms with Gasteiger partial charge in [0, 0.05) is 12.4 Å². The van der Waals surface area contributed by atoms with E-state index in [0.717, 1.165) is 19.3 Å². The predicted octanol–water partition coefficient (Wildman–Crippen LogP) is 3.71. The normalized spacial score (nSPS) is 12.4. The summed E-state index contributed by atoms with van der Waals surface area (Å²) < 4.78 is 4.87. The van der Waals surface area contributed by atoms with E-state index in [-0.39, 0.29) is 11.1 Å². The van der Waals surface area contributed by atoms with Gasteiger partial charge in [0.2, 0.25) is 5.22 Å². The lowest BCUT2D eigenvalue weighted by molar-refractivity contribution is 0.0945. The molecule has 3 nitrogen and oxygen atoms in total. The molecule has 0 spiro atoms. The number of amides is 1. The van der Waals surface area contributed by atoms with Gasteiger partial charge in [0.1, 0.15) is 0 Å². The third kappa shape index (κ3) is 4.60. The molecule has 17 heavy (non-hydrogen) atoms. The minimum Gasteiger partial charge on any atom is -0.452 e. The van der Waals surface area contributed by atoms with Gasteiger partial charge in [-0.2, -0.15) is 0 Å². The first kappa shape index (κ1) is 14.4. The van der Waals surface area contributed by atoms with Crippen LogP contribution in [0.25, 0.3) is 0 Å². The Kier molecular flexibility index (Phi) is 6.45. The summed E-state index contributed by atoms with van der Waals surface area (Å²) in [6.45, 7) is 2.75. The molecule has 1 N–H and O–H groups in total. The van der Waals surface area contributed by atoms with E-state index in [1.807, 2.05) is 0 Å². The Morgan fingerprint density at radius 2 is 2.29 bits per heavy atom. The Morgan fingerprint density at radius 3 is 2.82 bits per heavy atom. The number of halogens is 2. The molecule has 1 atom stereocenters. The minimum absolute atomic E-state index is 0.131. The van der Waals surface area contributed by atoms with Gasteiger partial charge in [-0.15, -0.1) is 11.6 Å². The van der Waals surface area contributed by atoms with Gasteiger partial charge >= 0.3 is 0 Å². The van der Waals surface area contributed by atoms with Crippen LogP contribution in [0, 0.1) is 5.92 Å². The highest BCUT2D eigenvalue weighted by Gasteiger charge is 2.14. The zero-order valence-corrected chi connectivity index (χ0v) is 11.4. The van der Waals surface area contributed by atoms with Crippen LogP contribution in [-0.4, -0.2) is 18.3 Å². The number of hydrogen-bond donors (Lipinski definition) is 1. The second-order valence-corrected chi connectivity index (χ2v) is 4.67. The average Bonchev–Trinajstić information content (AvgIpc) is 2.72. The fourth-order valence-electron chi connectivity index (χ4n) is 1.70. The second kappa shape index (κ2) is 7.62. The highest BCUT2D eigenvalue weighted by atomic mass is 35.5. The van der Waals surface area contributed by atoms with Crippen molar-refractivity contribution in [3.63, 3.8) is 0 Å². The summed E-state index contributed by atoms with van der Waals surface area (Å²) in [5.41, 5.74) is 0.382. The molecule has 0 aromatic carbocycles. The molecule has 1 aromatic heterocycles. The molecule has 0 bridgehead atoms. The van der Waals surface area contributed by atoms with Crippen molar-refractivity contribution in [1.82, 2.24) is 5.32 Å². The maximum absolute atomic E-state index is 11.8. The van der Waals surface area contributed by atoms with Crippen molar-refractivity contribution in [2.45, 2.75) is 26.2 Å². The smallest absolute Gasteiger partial charge is 0.256 e. The Morgan fingerprint density at radius 1 is 1.53 bits per heavy atom. The van der Waals surface area contributed by atoms with E-state index < -0.39 is 0 Å². The van der Waals surface area contributed by atoms with Gasteiger partial charge in [0.15, 0.2) is 0 Å². The molecule has 96 valence electrons. The molecular weight excluding hydrogens is 261 g/mol. The Labute approximate surface area is 111 Å². The molecule has 0 saturated carbocycles. The van der Waals surface area contributed by atoms with Crippen LogP contribution in [0.15, 0.2) is 16.7 Å². The highest BCUT2D eigenvalue weighted by Crippen LogP contribution is 2.17. The number of carbonyl (C=O) groups is 1. The Bertz CT molecular complexity index is 346. The van der Waals surface area contributed by atoms with Crippen molar-refractivity contribution in [1.29, 1.82) is 0 Å². The summed E-state index contributed by atoms with van der Waals surface area (Å²) in [4.78, 5) is 11.8. The standard InChI is InChI=1S/C12H17Cl2NO2/c1-2-3-9(4-6-13)8-15-12(16)10-5-7-17-11(10)14/h5,7,9H,2-4,6,8H2,1H3,(H,15,16). The largest absolute Gasteiger partial charge is 0.452 e. The molecule has 0 aliphatic rings. The summed E-state index contributed by atoms with van der Waals surface area (Å²) in [6.07, 6.45) is 4.46. The molecule has 1 rings (SSSR count). The zero-order valence-electron chi connectivity index (χ0n) is 9.84. The monoisotopic (exact) mass is 277 g/mol. The van der Waals surface area contributed by atoms with Crippen LogP contribution in [-0.2, 0) is 0 Å². The summed E-state index contributed by atoms with van der Waals surface area (Å²) in [5, 5.41) is 2.98. The highest BCUT2D eigenvalue weighted by molar-refractivity contribution is 6.32. The predicted molar refractivity (Wildman–Crippen MR) is 69.8 cm³/mol. The van der Waals surface area contributed by atoms with E-state index in [4.69, 9.17) is 27.6 Å². The number of rotatable bonds is 7. The first-order chi connectivity index (χ1) is 8.19. The summed E-state index contributed by atoms with van der Waals surface area (Å²) in [6, 6.07) is 1.56. The summed E-state index contributed by atoms with van der Waals surface area (Å²) in [7, 11) is 0. The van der Waals surface area contributed by atoms with Crippen LogP contribution in [0.3, 0.4) is 0 Å². The van der Waals surface area contributed by atoms with E-state index in [2.05, 4.69) is 12.2 Å². The maximum Gasteiger partial charge on any atom is 0.256 e. The van der Waals surface area contributed by atoms with E-state index in [1.54, 1.807) is 6.07 Å². The van der Waals surface area contributed by atoms with Crippen molar-refractivity contribution >= 4 is 29.1 Å². The van der Waals surface area contributed by atoms with Gasteiger partial charge in [0.05, 0.1) is 11.8 Å². The van der Waals surface area contributed by atoms with Gasteiger partial charge in [-0.05, 0) is 36.4 Å². The van der Waals surface area contributed by atoms with Crippen molar-refractivity contribution in [2.24, 2.45) is 5.92 Å². The van der Waals surface area contributed by atoms with Crippen molar-refractivity contribution in [2.75, 3.05) is 12.4 Å². The average molecular weight is 278 g/mol. The molecule has 1 aromatic rings. The van der Waals surface area contributed by atoms with Gasteiger partial charge < -0.3 is 9.73 Å². The van der Waals surface area contributed by atoms with Crippen molar-refractivity contribution in [3.8, 4) is 0 Å². The molecule has 1 amide bonds. The topological polar surface area (TPSA) is 42.2 Å². The molecule has 0 aliphatic carbocycles. The second-order valence-electron chi connectivity index (χ2n) is 3.95. The van der Waals surface area contributed by atoms with E-state index in [1.165, 1.54) is 6.26 Å². The van der Waals surface area contributed by atoms with Crippen LogP contribution in [0.4, 0.5) is 0 Å².